The third-order valence-corrected chi connectivity index (χ3v) is 5.32. The van der Waals surface area contributed by atoms with Gasteiger partial charge in [-0.3, -0.25) is 0 Å². The van der Waals surface area contributed by atoms with Crippen LogP contribution in [0.15, 0.2) is 23.1 Å². The van der Waals surface area contributed by atoms with Crippen LogP contribution in [0.1, 0.15) is 26.3 Å². The van der Waals surface area contributed by atoms with Crippen molar-refractivity contribution in [3.05, 3.63) is 23.8 Å². The molecule has 0 spiro atoms. The highest BCUT2D eigenvalue weighted by Gasteiger charge is 2.38. The minimum Gasteiger partial charge on any atom is -0.399 e. The number of ether oxygens (including phenoxy) is 1. The van der Waals surface area contributed by atoms with Crippen molar-refractivity contribution in [2.45, 2.75) is 44.3 Å². The van der Waals surface area contributed by atoms with E-state index >= 15 is 0 Å². The van der Waals surface area contributed by atoms with Gasteiger partial charge in [-0.1, -0.05) is 6.07 Å². The van der Waals surface area contributed by atoms with E-state index in [1.807, 2.05) is 20.8 Å². The maximum absolute atomic E-state index is 12.8. The van der Waals surface area contributed by atoms with E-state index in [2.05, 4.69) is 0 Å². The smallest absolute Gasteiger partial charge is 0.243 e. The standard InChI is InChI=1S/C14H22N2O3S/c1-10-5-6-12(15)7-13(10)20(17,18)16-8-11(2)19-14(3,4)9-16/h5-7,11H,8-9,15H2,1-4H3. The van der Waals surface area contributed by atoms with Crippen molar-refractivity contribution in [2.24, 2.45) is 0 Å². The lowest BCUT2D eigenvalue weighted by atomic mass is 10.1. The van der Waals surface area contributed by atoms with E-state index < -0.39 is 15.6 Å². The second-order valence-electron chi connectivity index (χ2n) is 6.01. The van der Waals surface area contributed by atoms with Crippen LogP contribution in [0.25, 0.3) is 0 Å². The summed E-state index contributed by atoms with van der Waals surface area (Å²) in [6.45, 7) is 8.17. The number of nitrogens with two attached hydrogens (primary N) is 1. The number of aryl methyl sites for hydroxylation is 1. The van der Waals surface area contributed by atoms with Gasteiger partial charge in [0.25, 0.3) is 0 Å². The number of nitrogen functional groups attached to an aromatic ring is 1. The average Bonchev–Trinajstić information content (AvgIpc) is 2.29. The number of sulfonamides is 1. The molecule has 2 N–H and O–H groups in total. The number of nitrogens with zero attached hydrogens (tertiary/aromatic N) is 1. The van der Waals surface area contributed by atoms with E-state index in [0.717, 1.165) is 0 Å². The van der Waals surface area contributed by atoms with Crippen molar-refractivity contribution >= 4 is 15.7 Å². The molecule has 1 aromatic carbocycles. The minimum absolute atomic E-state index is 0.130. The van der Waals surface area contributed by atoms with E-state index in [1.165, 1.54) is 10.4 Å². The van der Waals surface area contributed by atoms with Crippen molar-refractivity contribution < 1.29 is 13.2 Å². The van der Waals surface area contributed by atoms with Crippen molar-refractivity contribution in [2.75, 3.05) is 18.8 Å². The summed E-state index contributed by atoms with van der Waals surface area (Å²) in [5.41, 5.74) is 6.40. The lowest BCUT2D eigenvalue weighted by molar-refractivity contribution is -0.109. The molecule has 1 unspecified atom stereocenters. The quantitative estimate of drug-likeness (QED) is 0.845. The fourth-order valence-electron chi connectivity index (χ4n) is 2.61. The maximum Gasteiger partial charge on any atom is 0.243 e. The average molecular weight is 298 g/mol. The predicted octanol–water partition coefficient (Wildman–Crippen LogP) is 1.77. The molecule has 1 atom stereocenters. The van der Waals surface area contributed by atoms with Crippen LogP contribution >= 0.6 is 0 Å². The summed E-state index contributed by atoms with van der Waals surface area (Å²) in [4.78, 5) is 0.280. The number of hydrogen-bond donors (Lipinski definition) is 1. The molecule has 20 heavy (non-hydrogen) atoms. The molecular formula is C14H22N2O3S. The van der Waals surface area contributed by atoms with Crippen LogP contribution in [-0.4, -0.2) is 37.5 Å². The highest BCUT2D eigenvalue weighted by atomic mass is 32.2. The molecule has 1 aliphatic rings. The summed E-state index contributed by atoms with van der Waals surface area (Å²) in [7, 11) is -3.55. The van der Waals surface area contributed by atoms with Crippen molar-refractivity contribution in [3.63, 3.8) is 0 Å². The Balaban J connectivity index is 2.42. The molecule has 5 nitrogen and oxygen atoms in total. The second kappa shape index (κ2) is 5.02. The molecular weight excluding hydrogens is 276 g/mol. The van der Waals surface area contributed by atoms with Crippen LogP contribution in [-0.2, 0) is 14.8 Å². The van der Waals surface area contributed by atoms with E-state index in [1.54, 1.807) is 19.1 Å². The predicted molar refractivity (Wildman–Crippen MR) is 79.0 cm³/mol. The molecule has 2 rings (SSSR count). The third kappa shape index (κ3) is 2.97. The lowest BCUT2D eigenvalue weighted by Crippen LogP contribution is -2.53. The van der Waals surface area contributed by atoms with Gasteiger partial charge in [-0.05, 0) is 45.4 Å². The Labute approximate surface area is 120 Å². The fourth-order valence-corrected chi connectivity index (χ4v) is 4.54. The van der Waals surface area contributed by atoms with E-state index in [0.29, 0.717) is 24.3 Å². The summed E-state index contributed by atoms with van der Waals surface area (Å²) in [6, 6.07) is 4.97. The Morgan fingerprint density at radius 1 is 1.40 bits per heavy atom. The van der Waals surface area contributed by atoms with E-state index in [-0.39, 0.29) is 11.0 Å². The van der Waals surface area contributed by atoms with Gasteiger partial charge >= 0.3 is 0 Å². The SMILES string of the molecule is Cc1ccc(N)cc1S(=O)(=O)N1CC(C)OC(C)(C)C1. The molecule has 112 valence electrons. The lowest BCUT2D eigenvalue weighted by Gasteiger charge is -2.41. The highest BCUT2D eigenvalue weighted by Crippen LogP contribution is 2.28. The van der Waals surface area contributed by atoms with Crippen LogP contribution < -0.4 is 5.73 Å². The largest absolute Gasteiger partial charge is 0.399 e. The Morgan fingerprint density at radius 2 is 2.05 bits per heavy atom. The zero-order valence-corrected chi connectivity index (χ0v) is 13.2. The van der Waals surface area contributed by atoms with Gasteiger partial charge < -0.3 is 10.5 Å². The Hall–Kier alpha value is -1.11. The van der Waals surface area contributed by atoms with Gasteiger partial charge in [-0.15, -0.1) is 0 Å². The van der Waals surface area contributed by atoms with Gasteiger partial charge in [0.05, 0.1) is 16.6 Å². The van der Waals surface area contributed by atoms with E-state index in [4.69, 9.17) is 10.5 Å². The summed E-state index contributed by atoms with van der Waals surface area (Å²) in [5.74, 6) is 0. The molecule has 0 bridgehead atoms. The summed E-state index contributed by atoms with van der Waals surface area (Å²) in [5, 5.41) is 0. The van der Waals surface area contributed by atoms with Crippen molar-refractivity contribution in [1.82, 2.24) is 4.31 Å². The summed E-state index contributed by atoms with van der Waals surface area (Å²) >= 11 is 0. The Bertz CT molecular complexity index is 611. The van der Waals surface area contributed by atoms with Crippen molar-refractivity contribution in [1.29, 1.82) is 0 Å². The maximum atomic E-state index is 12.8. The zero-order valence-electron chi connectivity index (χ0n) is 12.4. The van der Waals surface area contributed by atoms with Gasteiger partial charge in [0, 0.05) is 18.8 Å². The zero-order chi connectivity index (χ0) is 15.1. The molecule has 6 heteroatoms. The van der Waals surface area contributed by atoms with Gasteiger partial charge in [0.1, 0.15) is 0 Å². The second-order valence-corrected chi connectivity index (χ2v) is 7.92. The Morgan fingerprint density at radius 3 is 2.65 bits per heavy atom. The van der Waals surface area contributed by atoms with Crippen LogP contribution in [0.5, 0.6) is 0 Å². The first-order valence-corrected chi connectivity index (χ1v) is 8.10. The molecule has 1 fully saturated rings. The minimum atomic E-state index is -3.55. The number of benzene rings is 1. The summed E-state index contributed by atoms with van der Waals surface area (Å²) < 4.78 is 32.9. The van der Waals surface area contributed by atoms with Crippen molar-refractivity contribution in [3.8, 4) is 0 Å². The number of morpholine rings is 1. The highest BCUT2D eigenvalue weighted by molar-refractivity contribution is 7.89. The number of hydrogen-bond acceptors (Lipinski definition) is 4. The first-order chi connectivity index (χ1) is 9.12. The van der Waals surface area contributed by atoms with Gasteiger partial charge in [-0.2, -0.15) is 4.31 Å². The van der Waals surface area contributed by atoms with Crippen LogP contribution in [0, 0.1) is 6.92 Å². The monoisotopic (exact) mass is 298 g/mol. The molecule has 0 aliphatic carbocycles. The first kappa shape index (κ1) is 15.3. The summed E-state index contributed by atoms with van der Waals surface area (Å²) in [6.07, 6.45) is -0.130. The van der Waals surface area contributed by atoms with Gasteiger partial charge in [0.2, 0.25) is 10.0 Å². The third-order valence-electron chi connectivity index (χ3n) is 3.37. The van der Waals surface area contributed by atoms with Gasteiger partial charge in [-0.25, -0.2) is 8.42 Å². The topological polar surface area (TPSA) is 72.6 Å². The molecule has 0 radical (unpaired) electrons. The molecule has 1 aliphatic heterocycles. The first-order valence-electron chi connectivity index (χ1n) is 6.66. The van der Waals surface area contributed by atoms with E-state index in [9.17, 15) is 8.42 Å². The molecule has 0 saturated carbocycles. The Kier molecular flexibility index (Phi) is 3.83. The van der Waals surface area contributed by atoms with Crippen LogP contribution in [0.4, 0.5) is 5.69 Å². The fraction of sp³-hybridized carbons (Fsp3) is 0.571. The molecule has 1 heterocycles. The number of anilines is 1. The molecule has 1 aromatic rings. The van der Waals surface area contributed by atoms with Gasteiger partial charge in [0.15, 0.2) is 0 Å². The number of rotatable bonds is 2. The molecule has 0 amide bonds. The molecule has 0 aromatic heterocycles. The van der Waals surface area contributed by atoms with Crippen LogP contribution in [0.2, 0.25) is 0 Å². The molecule has 1 saturated heterocycles. The normalized spacial score (nSPS) is 23.7. The van der Waals surface area contributed by atoms with Crippen LogP contribution in [0.3, 0.4) is 0 Å².